The topological polar surface area (TPSA) is 88.5 Å². The Hall–Kier alpha value is -0.890. The fourth-order valence-electron chi connectivity index (χ4n) is 3.12. The smallest absolute Gasteiger partial charge is 0.412 e. The Kier molecular flexibility index (Phi) is 8.33. The van der Waals surface area contributed by atoms with E-state index in [4.69, 9.17) is 19.3 Å². The molecule has 0 bridgehead atoms. The lowest BCUT2D eigenvalue weighted by Crippen LogP contribution is -2.54. The Balaban J connectivity index is 2.92. The lowest BCUT2D eigenvalue weighted by atomic mass is 10.0. The maximum atomic E-state index is 12.8. The average Bonchev–Trinajstić information content (AvgIpc) is 2.79. The third-order valence-electron chi connectivity index (χ3n) is 4.22. The number of amides is 1. The zero-order chi connectivity index (χ0) is 20.1. The molecule has 1 unspecified atom stereocenters. The van der Waals surface area contributed by atoms with E-state index in [9.17, 15) is 9.90 Å². The fraction of sp³-hybridized carbons (Fsp3) is 0.947. The zero-order valence-electron chi connectivity index (χ0n) is 17.3. The quantitative estimate of drug-likeness (QED) is 0.678. The lowest BCUT2D eigenvalue weighted by molar-refractivity contribution is -0.0799. The van der Waals surface area contributed by atoms with Crippen molar-refractivity contribution in [3.8, 4) is 0 Å². The van der Waals surface area contributed by atoms with Crippen molar-refractivity contribution in [3.05, 3.63) is 0 Å². The highest BCUT2D eigenvalue weighted by molar-refractivity contribution is 5.69. The van der Waals surface area contributed by atoms with E-state index in [2.05, 4.69) is 0 Å². The zero-order valence-corrected chi connectivity index (χ0v) is 17.3. The summed E-state index contributed by atoms with van der Waals surface area (Å²) in [7, 11) is 0. The molecule has 154 valence electrons. The molecule has 0 aromatic heterocycles. The first kappa shape index (κ1) is 23.1. The van der Waals surface area contributed by atoms with Gasteiger partial charge in [0.05, 0.1) is 37.6 Å². The molecule has 0 aromatic rings. The molecule has 7 heteroatoms. The van der Waals surface area contributed by atoms with Crippen LogP contribution in [0.3, 0.4) is 0 Å². The summed E-state index contributed by atoms with van der Waals surface area (Å²) in [5, 5.41) is 18.5. The van der Waals surface area contributed by atoms with Crippen LogP contribution in [0.1, 0.15) is 67.7 Å². The summed E-state index contributed by atoms with van der Waals surface area (Å²) in [5.41, 5.74) is -1.38. The van der Waals surface area contributed by atoms with Crippen LogP contribution in [0.15, 0.2) is 0 Å². The monoisotopic (exact) mass is 375 g/mol. The molecule has 3 atom stereocenters. The number of ether oxygens (including phenoxy) is 3. The molecule has 1 rings (SSSR count). The highest BCUT2D eigenvalue weighted by atomic mass is 16.6. The van der Waals surface area contributed by atoms with E-state index in [1.54, 1.807) is 4.90 Å². The van der Waals surface area contributed by atoms with Gasteiger partial charge in [-0.1, -0.05) is 0 Å². The molecule has 26 heavy (non-hydrogen) atoms. The van der Waals surface area contributed by atoms with Gasteiger partial charge in [-0.25, -0.2) is 4.79 Å². The minimum absolute atomic E-state index is 0.00744. The van der Waals surface area contributed by atoms with Gasteiger partial charge >= 0.3 is 6.09 Å². The van der Waals surface area contributed by atoms with Gasteiger partial charge in [-0.05, 0) is 67.7 Å². The van der Waals surface area contributed by atoms with Gasteiger partial charge in [-0.3, -0.25) is 4.90 Å². The van der Waals surface area contributed by atoms with Crippen LogP contribution in [0, 0.1) is 0 Å². The molecule has 0 aliphatic carbocycles. The summed E-state index contributed by atoms with van der Waals surface area (Å²) in [4.78, 5) is 14.4. The highest BCUT2D eigenvalue weighted by Gasteiger charge is 2.49. The molecular weight excluding hydrogens is 338 g/mol. The van der Waals surface area contributed by atoms with E-state index < -0.39 is 23.5 Å². The maximum Gasteiger partial charge on any atom is 0.412 e. The molecule has 1 aliphatic rings. The molecule has 1 heterocycles. The van der Waals surface area contributed by atoms with Gasteiger partial charge in [0.25, 0.3) is 0 Å². The van der Waals surface area contributed by atoms with Gasteiger partial charge in [0, 0.05) is 0 Å². The molecule has 1 amide bonds. The fourth-order valence-corrected chi connectivity index (χ4v) is 3.12. The molecule has 1 saturated heterocycles. The van der Waals surface area contributed by atoms with Crippen molar-refractivity contribution < 1.29 is 29.2 Å². The SMILES string of the molecule is CC(C)O[C@H](CCCC(O)CO)[C@@H]1COC(C)(C)N1C(=O)OC(C)(C)C. The van der Waals surface area contributed by atoms with Gasteiger partial charge < -0.3 is 24.4 Å². The minimum Gasteiger partial charge on any atom is -0.444 e. The Morgan fingerprint density at radius 3 is 2.42 bits per heavy atom. The normalized spacial score (nSPS) is 22.5. The van der Waals surface area contributed by atoms with E-state index >= 15 is 0 Å². The molecule has 1 fully saturated rings. The number of nitrogens with zero attached hydrogens (tertiary/aromatic N) is 1. The van der Waals surface area contributed by atoms with Crippen molar-refractivity contribution >= 4 is 6.09 Å². The molecular formula is C19H37NO6. The molecule has 2 N–H and O–H groups in total. The first-order chi connectivity index (χ1) is 11.9. The highest BCUT2D eigenvalue weighted by Crippen LogP contribution is 2.33. The number of hydrogen-bond donors (Lipinski definition) is 2. The second-order valence-electron chi connectivity index (χ2n) is 8.67. The van der Waals surface area contributed by atoms with Gasteiger partial charge in [0.2, 0.25) is 0 Å². The summed E-state index contributed by atoms with van der Waals surface area (Å²) < 4.78 is 17.5. The van der Waals surface area contributed by atoms with Crippen LogP contribution >= 0.6 is 0 Å². The summed E-state index contributed by atoms with van der Waals surface area (Å²) in [5.74, 6) is 0. The molecule has 0 radical (unpaired) electrons. The van der Waals surface area contributed by atoms with Crippen LogP contribution in [0.4, 0.5) is 4.79 Å². The van der Waals surface area contributed by atoms with E-state index in [1.807, 2.05) is 48.5 Å². The van der Waals surface area contributed by atoms with E-state index in [-0.39, 0.29) is 24.9 Å². The average molecular weight is 376 g/mol. The standard InChI is InChI=1S/C19H37NO6/c1-13(2)25-16(10-8-9-14(22)11-21)15-12-24-19(6,7)20(15)17(23)26-18(3,4)5/h13-16,21-22H,8-12H2,1-7H3/t14?,15-,16+/m0/s1. The van der Waals surface area contributed by atoms with Gasteiger partial charge in [-0.2, -0.15) is 0 Å². The number of hydrogen-bond acceptors (Lipinski definition) is 6. The third-order valence-corrected chi connectivity index (χ3v) is 4.22. The first-order valence-corrected chi connectivity index (χ1v) is 9.48. The maximum absolute atomic E-state index is 12.8. The van der Waals surface area contributed by atoms with Crippen LogP contribution in [-0.4, -0.2) is 70.1 Å². The Morgan fingerprint density at radius 1 is 1.31 bits per heavy atom. The molecule has 0 saturated carbocycles. The van der Waals surface area contributed by atoms with Crippen LogP contribution < -0.4 is 0 Å². The van der Waals surface area contributed by atoms with E-state index in [0.717, 1.165) is 0 Å². The van der Waals surface area contributed by atoms with Crippen molar-refractivity contribution in [1.29, 1.82) is 0 Å². The minimum atomic E-state index is -0.782. The van der Waals surface area contributed by atoms with Crippen LogP contribution in [0.2, 0.25) is 0 Å². The largest absolute Gasteiger partial charge is 0.444 e. The summed E-state index contributed by atoms with van der Waals surface area (Å²) in [6, 6.07) is -0.270. The van der Waals surface area contributed by atoms with Crippen molar-refractivity contribution in [2.75, 3.05) is 13.2 Å². The van der Waals surface area contributed by atoms with Crippen molar-refractivity contribution in [2.24, 2.45) is 0 Å². The molecule has 0 spiro atoms. The molecule has 0 aromatic carbocycles. The molecule has 7 nitrogen and oxygen atoms in total. The van der Waals surface area contributed by atoms with Gasteiger partial charge in [0.1, 0.15) is 11.3 Å². The van der Waals surface area contributed by atoms with Crippen LogP contribution in [0.25, 0.3) is 0 Å². The molecule has 1 aliphatic heterocycles. The Bertz CT molecular complexity index is 446. The van der Waals surface area contributed by atoms with E-state index in [0.29, 0.717) is 25.9 Å². The van der Waals surface area contributed by atoms with Crippen molar-refractivity contribution in [1.82, 2.24) is 4.90 Å². The summed E-state index contributed by atoms with van der Waals surface area (Å²) in [6.45, 7) is 13.2. The van der Waals surface area contributed by atoms with Crippen molar-refractivity contribution in [2.45, 2.75) is 103 Å². The van der Waals surface area contributed by atoms with Crippen molar-refractivity contribution in [3.63, 3.8) is 0 Å². The predicted octanol–water partition coefficient (Wildman–Crippen LogP) is 2.68. The first-order valence-electron chi connectivity index (χ1n) is 9.48. The number of carbonyl (C=O) groups excluding carboxylic acids is 1. The summed E-state index contributed by atoms with van der Waals surface area (Å²) >= 11 is 0. The third kappa shape index (κ3) is 7.02. The number of aliphatic hydroxyl groups is 2. The van der Waals surface area contributed by atoms with E-state index in [1.165, 1.54) is 0 Å². The van der Waals surface area contributed by atoms with Gasteiger partial charge in [-0.15, -0.1) is 0 Å². The van der Waals surface area contributed by atoms with Crippen LogP contribution in [0.5, 0.6) is 0 Å². The lowest BCUT2D eigenvalue weighted by Gasteiger charge is -2.38. The number of rotatable bonds is 8. The predicted molar refractivity (Wildman–Crippen MR) is 98.8 cm³/mol. The number of aliphatic hydroxyl groups excluding tert-OH is 2. The number of carbonyl (C=O) groups is 1. The second-order valence-corrected chi connectivity index (χ2v) is 8.67. The summed E-state index contributed by atoms with van der Waals surface area (Å²) in [6.07, 6.45) is 0.419. The second kappa shape index (κ2) is 9.35. The Morgan fingerprint density at radius 2 is 1.92 bits per heavy atom. The Labute approximate surface area is 157 Å². The van der Waals surface area contributed by atoms with Crippen LogP contribution in [-0.2, 0) is 14.2 Å². The van der Waals surface area contributed by atoms with Gasteiger partial charge in [0.15, 0.2) is 0 Å².